The van der Waals surface area contributed by atoms with Crippen molar-refractivity contribution < 1.29 is 22.8 Å². The number of nitrogens with one attached hydrogen (secondary N) is 2. The van der Waals surface area contributed by atoms with E-state index in [4.69, 9.17) is 23.2 Å². The van der Waals surface area contributed by atoms with Crippen LogP contribution in [-0.4, -0.2) is 11.8 Å². The zero-order valence-corrected chi connectivity index (χ0v) is 14.0. The number of carbonyl (C=O) groups is 2. The fourth-order valence-corrected chi connectivity index (χ4v) is 2.32. The second-order valence-electron chi connectivity index (χ2n) is 4.92. The SMILES string of the molecule is O=C(CC(=O)Nc1cccc(Cl)c1Cl)Nc1ccccc1C(F)(F)F. The quantitative estimate of drug-likeness (QED) is 0.723. The Morgan fingerprint density at radius 3 is 2.08 bits per heavy atom. The Balaban J connectivity index is 2.04. The summed E-state index contributed by atoms with van der Waals surface area (Å²) in [6.07, 6.45) is -5.31. The van der Waals surface area contributed by atoms with Gasteiger partial charge in [0.05, 0.1) is 27.0 Å². The van der Waals surface area contributed by atoms with Crippen molar-refractivity contribution in [1.29, 1.82) is 0 Å². The van der Waals surface area contributed by atoms with Gasteiger partial charge in [-0.3, -0.25) is 9.59 Å². The highest BCUT2D eigenvalue weighted by atomic mass is 35.5. The van der Waals surface area contributed by atoms with Crippen LogP contribution < -0.4 is 10.6 Å². The molecule has 2 N–H and O–H groups in total. The maximum absolute atomic E-state index is 12.9. The van der Waals surface area contributed by atoms with Gasteiger partial charge in [0.2, 0.25) is 11.8 Å². The van der Waals surface area contributed by atoms with Gasteiger partial charge in [-0.05, 0) is 24.3 Å². The first-order valence-electron chi connectivity index (χ1n) is 6.88. The number of para-hydroxylation sites is 1. The molecule has 0 atom stereocenters. The van der Waals surface area contributed by atoms with Crippen molar-refractivity contribution in [1.82, 2.24) is 0 Å². The first kappa shape index (κ1) is 19.1. The van der Waals surface area contributed by atoms with E-state index < -0.39 is 35.7 Å². The summed E-state index contributed by atoms with van der Waals surface area (Å²) in [6.45, 7) is 0. The maximum atomic E-state index is 12.9. The lowest BCUT2D eigenvalue weighted by Crippen LogP contribution is -2.23. The van der Waals surface area contributed by atoms with Crippen molar-refractivity contribution in [3.63, 3.8) is 0 Å². The molecule has 0 saturated carbocycles. The average Bonchev–Trinajstić information content (AvgIpc) is 2.51. The minimum Gasteiger partial charge on any atom is -0.325 e. The highest BCUT2D eigenvalue weighted by Crippen LogP contribution is 2.34. The van der Waals surface area contributed by atoms with E-state index in [0.29, 0.717) is 0 Å². The molecular formula is C16H11Cl2F3N2O2. The molecule has 25 heavy (non-hydrogen) atoms. The Bertz CT molecular complexity index is 810. The number of anilines is 2. The van der Waals surface area contributed by atoms with Gasteiger partial charge in [-0.25, -0.2) is 0 Å². The van der Waals surface area contributed by atoms with E-state index in [1.807, 2.05) is 0 Å². The Labute approximate surface area is 150 Å². The molecule has 0 aliphatic heterocycles. The molecule has 0 radical (unpaired) electrons. The summed E-state index contributed by atoms with van der Waals surface area (Å²) >= 11 is 11.7. The van der Waals surface area contributed by atoms with Crippen LogP contribution in [0, 0.1) is 0 Å². The predicted octanol–water partition coefficient (Wildman–Crippen LogP) is 4.98. The van der Waals surface area contributed by atoms with Crippen molar-refractivity contribution in [2.24, 2.45) is 0 Å². The summed E-state index contributed by atoms with van der Waals surface area (Å²) in [5.41, 5.74) is -1.22. The molecule has 0 heterocycles. The molecular weight excluding hydrogens is 380 g/mol. The summed E-state index contributed by atoms with van der Waals surface area (Å²) in [7, 11) is 0. The van der Waals surface area contributed by atoms with E-state index in [2.05, 4.69) is 10.6 Å². The molecule has 0 aliphatic rings. The second-order valence-corrected chi connectivity index (χ2v) is 5.70. The standard InChI is InChI=1S/C16H11Cl2F3N2O2/c17-10-5-3-7-12(15(10)18)23-14(25)8-13(24)22-11-6-2-1-4-9(11)16(19,20)21/h1-7H,8H2,(H,22,24)(H,23,25). The van der Waals surface area contributed by atoms with Gasteiger partial charge in [0, 0.05) is 0 Å². The number of carbonyl (C=O) groups excluding carboxylic acids is 2. The minimum atomic E-state index is -4.62. The van der Waals surface area contributed by atoms with E-state index in [1.54, 1.807) is 6.07 Å². The van der Waals surface area contributed by atoms with Crippen LogP contribution in [0.5, 0.6) is 0 Å². The lowest BCUT2D eigenvalue weighted by atomic mass is 10.1. The van der Waals surface area contributed by atoms with Gasteiger partial charge in [0.1, 0.15) is 6.42 Å². The van der Waals surface area contributed by atoms with Crippen molar-refractivity contribution in [2.75, 3.05) is 10.6 Å². The molecule has 0 unspecified atom stereocenters. The van der Waals surface area contributed by atoms with Crippen LogP contribution in [0.2, 0.25) is 10.0 Å². The molecule has 0 fully saturated rings. The maximum Gasteiger partial charge on any atom is 0.418 e. The Morgan fingerprint density at radius 1 is 0.880 bits per heavy atom. The summed E-state index contributed by atoms with van der Waals surface area (Å²) in [5, 5.41) is 4.76. The van der Waals surface area contributed by atoms with E-state index in [-0.39, 0.29) is 15.7 Å². The molecule has 2 amide bonds. The number of benzene rings is 2. The lowest BCUT2D eigenvalue weighted by Gasteiger charge is -2.13. The summed E-state index contributed by atoms with van der Waals surface area (Å²) in [4.78, 5) is 23.7. The number of hydrogen-bond acceptors (Lipinski definition) is 2. The van der Waals surface area contributed by atoms with Crippen molar-refractivity contribution in [2.45, 2.75) is 12.6 Å². The zero-order valence-electron chi connectivity index (χ0n) is 12.5. The molecule has 0 saturated heterocycles. The van der Waals surface area contributed by atoms with E-state index in [9.17, 15) is 22.8 Å². The molecule has 0 spiro atoms. The fraction of sp³-hybridized carbons (Fsp3) is 0.125. The van der Waals surface area contributed by atoms with Gasteiger partial charge in [-0.2, -0.15) is 13.2 Å². The first-order valence-corrected chi connectivity index (χ1v) is 7.64. The first-order chi connectivity index (χ1) is 11.7. The van der Waals surface area contributed by atoms with Gasteiger partial charge >= 0.3 is 6.18 Å². The molecule has 2 aromatic carbocycles. The fourth-order valence-electron chi connectivity index (χ4n) is 1.97. The minimum absolute atomic E-state index is 0.0975. The molecule has 0 aromatic heterocycles. The molecule has 4 nitrogen and oxygen atoms in total. The Kier molecular flexibility index (Phi) is 5.92. The van der Waals surface area contributed by atoms with Crippen LogP contribution in [0.4, 0.5) is 24.5 Å². The number of halogens is 5. The van der Waals surface area contributed by atoms with Gasteiger partial charge in [-0.1, -0.05) is 41.4 Å². The van der Waals surface area contributed by atoms with Crippen LogP contribution in [0.1, 0.15) is 12.0 Å². The molecule has 2 aromatic rings. The smallest absolute Gasteiger partial charge is 0.325 e. The van der Waals surface area contributed by atoms with E-state index in [1.165, 1.54) is 24.3 Å². The zero-order chi connectivity index (χ0) is 18.6. The normalized spacial score (nSPS) is 11.1. The average molecular weight is 391 g/mol. The van der Waals surface area contributed by atoms with Gasteiger partial charge in [0.15, 0.2) is 0 Å². The van der Waals surface area contributed by atoms with Crippen LogP contribution in [0.15, 0.2) is 42.5 Å². The van der Waals surface area contributed by atoms with E-state index in [0.717, 1.165) is 12.1 Å². The second kappa shape index (κ2) is 7.76. The predicted molar refractivity (Wildman–Crippen MR) is 89.8 cm³/mol. The van der Waals surface area contributed by atoms with Crippen molar-refractivity contribution in [3.05, 3.63) is 58.1 Å². The Hall–Kier alpha value is -2.25. The highest BCUT2D eigenvalue weighted by molar-refractivity contribution is 6.44. The van der Waals surface area contributed by atoms with Crippen LogP contribution in [0.3, 0.4) is 0 Å². The summed E-state index contributed by atoms with van der Waals surface area (Å²) < 4.78 is 38.6. The number of amides is 2. The number of rotatable bonds is 4. The van der Waals surface area contributed by atoms with Crippen LogP contribution in [-0.2, 0) is 15.8 Å². The molecule has 0 aliphatic carbocycles. The largest absolute Gasteiger partial charge is 0.418 e. The molecule has 132 valence electrons. The van der Waals surface area contributed by atoms with Gasteiger partial charge < -0.3 is 10.6 Å². The Morgan fingerprint density at radius 2 is 1.44 bits per heavy atom. The van der Waals surface area contributed by atoms with Crippen LogP contribution >= 0.6 is 23.2 Å². The van der Waals surface area contributed by atoms with Gasteiger partial charge in [-0.15, -0.1) is 0 Å². The van der Waals surface area contributed by atoms with E-state index >= 15 is 0 Å². The number of alkyl halides is 3. The molecule has 0 bridgehead atoms. The summed E-state index contributed by atoms with van der Waals surface area (Å²) in [5.74, 6) is -1.64. The van der Waals surface area contributed by atoms with Crippen LogP contribution in [0.25, 0.3) is 0 Å². The van der Waals surface area contributed by atoms with Gasteiger partial charge in [0.25, 0.3) is 0 Å². The summed E-state index contributed by atoms with van der Waals surface area (Å²) in [6, 6.07) is 9.02. The van der Waals surface area contributed by atoms with Crippen molar-refractivity contribution >= 4 is 46.4 Å². The molecule has 2 rings (SSSR count). The number of hydrogen-bond donors (Lipinski definition) is 2. The lowest BCUT2D eigenvalue weighted by molar-refractivity contribution is -0.137. The third-order valence-corrected chi connectivity index (χ3v) is 3.87. The monoisotopic (exact) mass is 390 g/mol. The third kappa shape index (κ3) is 5.11. The van der Waals surface area contributed by atoms with Crippen molar-refractivity contribution in [3.8, 4) is 0 Å². The molecule has 9 heteroatoms. The highest BCUT2D eigenvalue weighted by Gasteiger charge is 2.33. The third-order valence-electron chi connectivity index (χ3n) is 3.05. The topological polar surface area (TPSA) is 58.2 Å².